The van der Waals surface area contributed by atoms with E-state index in [1.165, 1.54) is 7.11 Å². The average molecular weight is 218 g/mol. The van der Waals surface area contributed by atoms with Gasteiger partial charge in [-0.15, -0.1) is 0 Å². The molecule has 0 aromatic carbocycles. The molecule has 0 atom stereocenters. The molecule has 0 saturated carbocycles. The minimum atomic E-state index is -2.69. The van der Waals surface area contributed by atoms with Crippen LogP contribution < -0.4 is 10.5 Å². The van der Waals surface area contributed by atoms with E-state index >= 15 is 0 Å². The van der Waals surface area contributed by atoms with Gasteiger partial charge < -0.3 is 15.6 Å². The Balaban J connectivity index is 3.34. The highest BCUT2D eigenvalue weighted by molar-refractivity contribution is 5.43. The van der Waals surface area contributed by atoms with E-state index < -0.39 is 13.0 Å². The highest BCUT2D eigenvalue weighted by Gasteiger charge is 2.20. The Morgan fingerprint density at radius 2 is 2.27 bits per heavy atom. The second-order valence-corrected chi connectivity index (χ2v) is 2.83. The van der Waals surface area contributed by atoms with Gasteiger partial charge in [0, 0.05) is 18.3 Å². The van der Waals surface area contributed by atoms with Gasteiger partial charge in [0.15, 0.2) is 0 Å². The zero-order valence-corrected chi connectivity index (χ0v) is 8.20. The predicted octanol–water partition coefficient (Wildman–Crippen LogP) is 0.979. The van der Waals surface area contributed by atoms with Gasteiger partial charge >= 0.3 is 0 Å². The minimum absolute atomic E-state index is 0.0389. The maximum Gasteiger partial charge on any atom is 0.268 e. The standard InChI is InChI=1S/C9H12F2N2O2/c1-15-8-5(9(10)11)3-13-7(2-12)6(8)4-14/h3,9,14H,2,4,12H2,1H3. The van der Waals surface area contributed by atoms with E-state index in [4.69, 9.17) is 15.6 Å². The molecule has 0 aliphatic carbocycles. The average Bonchev–Trinajstić information content (AvgIpc) is 2.26. The number of hydrogen-bond donors (Lipinski definition) is 2. The summed E-state index contributed by atoms with van der Waals surface area (Å²) in [6.45, 7) is -0.362. The lowest BCUT2D eigenvalue weighted by Gasteiger charge is -2.14. The highest BCUT2D eigenvalue weighted by Crippen LogP contribution is 2.32. The number of aliphatic hydroxyl groups is 1. The molecule has 0 bridgehead atoms. The summed E-state index contributed by atoms with van der Waals surface area (Å²) in [5.41, 5.74) is 5.60. The summed E-state index contributed by atoms with van der Waals surface area (Å²) in [6.07, 6.45) is -1.67. The zero-order chi connectivity index (χ0) is 11.4. The van der Waals surface area contributed by atoms with Crippen LogP contribution in [0.3, 0.4) is 0 Å². The summed E-state index contributed by atoms with van der Waals surface area (Å²) in [5, 5.41) is 9.05. The molecule has 0 fully saturated rings. The number of nitrogens with two attached hydrogens (primary N) is 1. The Morgan fingerprint density at radius 1 is 1.60 bits per heavy atom. The molecule has 84 valence electrons. The number of halogens is 2. The van der Waals surface area contributed by atoms with Crippen molar-refractivity contribution in [2.24, 2.45) is 5.73 Å². The van der Waals surface area contributed by atoms with Crippen LogP contribution >= 0.6 is 0 Å². The van der Waals surface area contributed by atoms with Crippen molar-refractivity contribution in [1.82, 2.24) is 4.98 Å². The summed E-state index contributed by atoms with van der Waals surface area (Å²) in [4.78, 5) is 3.75. The van der Waals surface area contributed by atoms with Crippen molar-refractivity contribution in [3.63, 3.8) is 0 Å². The van der Waals surface area contributed by atoms with E-state index in [-0.39, 0.29) is 23.4 Å². The maximum atomic E-state index is 12.5. The molecule has 0 aliphatic rings. The van der Waals surface area contributed by atoms with Crippen molar-refractivity contribution < 1.29 is 18.6 Å². The molecule has 3 N–H and O–H groups in total. The third-order valence-corrected chi connectivity index (χ3v) is 2.03. The fraction of sp³-hybridized carbons (Fsp3) is 0.444. The van der Waals surface area contributed by atoms with Crippen LogP contribution in [0.25, 0.3) is 0 Å². The fourth-order valence-electron chi connectivity index (χ4n) is 1.32. The molecule has 15 heavy (non-hydrogen) atoms. The van der Waals surface area contributed by atoms with Gasteiger partial charge in [0.2, 0.25) is 0 Å². The Kier molecular flexibility index (Phi) is 3.93. The first-order valence-corrected chi connectivity index (χ1v) is 4.29. The van der Waals surface area contributed by atoms with E-state index in [2.05, 4.69) is 4.98 Å². The Labute approximate surface area is 85.7 Å². The number of rotatable bonds is 4. The smallest absolute Gasteiger partial charge is 0.268 e. The maximum absolute atomic E-state index is 12.5. The summed E-state index contributed by atoms with van der Waals surface area (Å²) in [7, 11) is 1.26. The lowest BCUT2D eigenvalue weighted by molar-refractivity contribution is 0.145. The lowest BCUT2D eigenvalue weighted by Crippen LogP contribution is -2.09. The quantitative estimate of drug-likeness (QED) is 0.790. The van der Waals surface area contributed by atoms with E-state index in [0.29, 0.717) is 5.69 Å². The van der Waals surface area contributed by atoms with Gasteiger partial charge in [-0.25, -0.2) is 8.78 Å². The van der Waals surface area contributed by atoms with Crippen molar-refractivity contribution >= 4 is 0 Å². The fourth-order valence-corrected chi connectivity index (χ4v) is 1.32. The first-order chi connectivity index (χ1) is 7.15. The molecule has 1 rings (SSSR count). The predicted molar refractivity (Wildman–Crippen MR) is 49.6 cm³/mol. The molecule has 1 aromatic heterocycles. The Hall–Kier alpha value is -1.27. The molecular formula is C9H12F2N2O2. The molecule has 4 nitrogen and oxygen atoms in total. The molecular weight excluding hydrogens is 206 g/mol. The summed E-state index contributed by atoms with van der Waals surface area (Å²) in [5.74, 6) is -0.0389. The molecule has 0 unspecified atom stereocenters. The Morgan fingerprint density at radius 3 is 2.67 bits per heavy atom. The van der Waals surface area contributed by atoms with Gasteiger partial charge in [-0.2, -0.15) is 0 Å². The normalized spacial score (nSPS) is 10.8. The third kappa shape index (κ3) is 2.21. The van der Waals surface area contributed by atoms with Crippen molar-refractivity contribution in [3.05, 3.63) is 23.0 Å². The lowest BCUT2D eigenvalue weighted by atomic mass is 10.1. The molecule has 1 aromatic rings. The van der Waals surface area contributed by atoms with Gasteiger partial charge in [0.1, 0.15) is 5.75 Å². The first-order valence-electron chi connectivity index (χ1n) is 4.29. The highest BCUT2D eigenvalue weighted by atomic mass is 19.3. The van der Waals surface area contributed by atoms with Crippen molar-refractivity contribution in [2.45, 2.75) is 19.6 Å². The molecule has 0 saturated heterocycles. The van der Waals surface area contributed by atoms with E-state index in [0.717, 1.165) is 6.20 Å². The van der Waals surface area contributed by atoms with E-state index in [1.54, 1.807) is 0 Å². The van der Waals surface area contributed by atoms with Crippen LogP contribution in [-0.2, 0) is 13.2 Å². The molecule has 0 spiro atoms. The number of alkyl halides is 2. The van der Waals surface area contributed by atoms with Crippen molar-refractivity contribution in [1.29, 1.82) is 0 Å². The van der Waals surface area contributed by atoms with E-state index in [9.17, 15) is 8.78 Å². The zero-order valence-electron chi connectivity index (χ0n) is 8.20. The number of methoxy groups -OCH3 is 1. The van der Waals surface area contributed by atoms with E-state index in [1.807, 2.05) is 0 Å². The van der Waals surface area contributed by atoms with Crippen molar-refractivity contribution in [3.8, 4) is 5.75 Å². The van der Waals surface area contributed by atoms with Crippen LogP contribution in [0, 0.1) is 0 Å². The SMILES string of the molecule is COc1c(C(F)F)cnc(CN)c1CO. The summed E-state index contributed by atoms with van der Waals surface area (Å²) >= 11 is 0. The van der Waals surface area contributed by atoms with Crippen molar-refractivity contribution in [2.75, 3.05) is 7.11 Å². The third-order valence-electron chi connectivity index (χ3n) is 2.03. The number of nitrogens with zero attached hydrogens (tertiary/aromatic N) is 1. The Bertz CT molecular complexity index is 345. The number of ether oxygens (including phenoxy) is 1. The number of pyridine rings is 1. The number of hydrogen-bond acceptors (Lipinski definition) is 4. The van der Waals surface area contributed by atoms with Crippen LogP contribution in [0.1, 0.15) is 23.2 Å². The second kappa shape index (κ2) is 4.99. The largest absolute Gasteiger partial charge is 0.496 e. The van der Waals surface area contributed by atoms with Gasteiger partial charge in [-0.1, -0.05) is 0 Å². The number of aromatic nitrogens is 1. The van der Waals surface area contributed by atoms with Gasteiger partial charge in [0.05, 0.1) is 25.0 Å². The molecule has 0 radical (unpaired) electrons. The first kappa shape index (κ1) is 11.8. The van der Waals surface area contributed by atoms with Crippen LogP contribution in [-0.4, -0.2) is 17.2 Å². The van der Waals surface area contributed by atoms with Gasteiger partial charge in [0.25, 0.3) is 6.43 Å². The minimum Gasteiger partial charge on any atom is -0.496 e. The molecule has 6 heteroatoms. The second-order valence-electron chi connectivity index (χ2n) is 2.83. The summed E-state index contributed by atoms with van der Waals surface area (Å²) < 4.78 is 29.9. The molecule has 1 heterocycles. The van der Waals surface area contributed by atoms with Crippen LogP contribution in [0.5, 0.6) is 5.75 Å². The van der Waals surface area contributed by atoms with Gasteiger partial charge in [-0.3, -0.25) is 4.98 Å². The monoisotopic (exact) mass is 218 g/mol. The number of aliphatic hydroxyl groups excluding tert-OH is 1. The summed E-state index contributed by atoms with van der Waals surface area (Å²) in [6, 6.07) is 0. The topological polar surface area (TPSA) is 68.4 Å². The molecule has 0 amide bonds. The van der Waals surface area contributed by atoms with Crippen LogP contribution in [0.4, 0.5) is 8.78 Å². The molecule has 0 aliphatic heterocycles. The van der Waals surface area contributed by atoms with Gasteiger partial charge in [-0.05, 0) is 0 Å². The van der Waals surface area contributed by atoms with Crippen LogP contribution in [0.2, 0.25) is 0 Å². The van der Waals surface area contributed by atoms with Crippen LogP contribution in [0.15, 0.2) is 6.20 Å².